The van der Waals surface area contributed by atoms with Crippen molar-refractivity contribution in [3.8, 4) is 6.07 Å². The molecule has 1 aromatic heterocycles. The van der Waals surface area contributed by atoms with Crippen LogP contribution >= 0.6 is 0 Å². The Kier molecular flexibility index (Phi) is 3.32. The molecule has 0 N–H and O–H groups in total. The fraction of sp³-hybridized carbons (Fsp3) is 0.545. The first-order chi connectivity index (χ1) is 7.81. The first-order valence-corrected chi connectivity index (χ1v) is 5.35. The Hall–Kier alpha value is -1.67. The number of hydrogen-bond acceptors (Lipinski definition) is 5. The SMILES string of the molecule is CN(CC1CCCO1)c1nccnc1C#N. The Bertz CT molecular complexity index is 395. The fourth-order valence-corrected chi connectivity index (χ4v) is 1.87. The van der Waals surface area contributed by atoms with Gasteiger partial charge in [0, 0.05) is 32.6 Å². The van der Waals surface area contributed by atoms with Crippen LogP contribution in [0.25, 0.3) is 0 Å². The lowest BCUT2D eigenvalue weighted by Gasteiger charge is -2.21. The third-order valence-electron chi connectivity index (χ3n) is 2.65. The number of likely N-dealkylation sites (N-methyl/N-ethyl adjacent to an activating group) is 1. The summed E-state index contributed by atoms with van der Waals surface area (Å²) in [6.07, 6.45) is 5.57. The highest BCUT2D eigenvalue weighted by molar-refractivity contribution is 5.48. The van der Waals surface area contributed by atoms with E-state index in [2.05, 4.69) is 9.97 Å². The van der Waals surface area contributed by atoms with Gasteiger partial charge in [0.15, 0.2) is 11.5 Å². The molecule has 0 spiro atoms. The third kappa shape index (κ3) is 2.28. The number of ether oxygens (including phenoxy) is 1. The molecule has 1 saturated heterocycles. The van der Waals surface area contributed by atoms with Gasteiger partial charge >= 0.3 is 0 Å². The minimum atomic E-state index is 0.249. The van der Waals surface area contributed by atoms with Crippen molar-refractivity contribution in [2.45, 2.75) is 18.9 Å². The van der Waals surface area contributed by atoms with E-state index >= 15 is 0 Å². The highest BCUT2D eigenvalue weighted by atomic mass is 16.5. The Balaban J connectivity index is 2.08. The maximum absolute atomic E-state index is 8.92. The van der Waals surface area contributed by atoms with Crippen LogP contribution in [-0.4, -0.2) is 36.3 Å². The zero-order valence-electron chi connectivity index (χ0n) is 9.26. The molecule has 1 atom stereocenters. The van der Waals surface area contributed by atoms with E-state index in [0.29, 0.717) is 11.5 Å². The van der Waals surface area contributed by atoms with E-state index < -0.39 is 0 Å². The van der Waals surface area contributed by atoms with E-state index in [9.17, 15) is 0 Å². The van der Waals surface area contributed by atoms with Crippen LogP contribution in [0.4, 0.5) is 5.82 Å². The quantitative estimate of drug-likeness (QED) is 0.756. The van der Waals surface area contributed by atoms with Gasteiger partial charge in [0.1, 0.15) is 6.07 Å². The van der Waals surface area contributed by atoms with Crippen LogP contribution in [0, 0.1) is 11.3 Å². The standard InChI is InChI=1S/C11H14N4O/c1-15(8-9-3-2-6-16-9)11-10(7-12)13-4-5-14-11/h4-5,9H,2-3,6,8H2,1H3. The zero-order valence-corrected chi connectivity index (χ0v) is 9.26. The second-order valence-corrected chi connectivity index (χ2v) is 3.86. The molecule has 84 valence electrons. The van der Waals surface area contributed by atoms with Gasteiger partial charge in [0.2, 0.25) is 0 Å². The van der Waals surface area contributed by atoms with Crippen molar-refractivity contribution in [1.82, 2.24) is 9.97 Å². The van der Waals surface area contributed by atoms with Crippen LogP contribution < -0.4 is 4.90 Å². The van der Waals surface area contributed by atoms with E-state index in [4.69, 9.17) is 10.00 Å². The molecule has 1 aliphatic heterocycles. The van der Waals surface area contributed by atoms with Crippen molar-refractivity contribution in [1.29, 1.82) is 5.26 Å². The first-order valence-electron chi connectivity index (χ1n) is 5.35. The monoisotopic (exact) mass is 218 g/mol. The van der Waals surface area contributed by atoms with Crippen LogP contribution in [0.1, 0.15) is 18.5 Å². The molecule has 0 radical (unpaired) electrons. The molecule has 2 rings (SSSR count). The Morgan fingerprint density at radius 3 is 3.06 bits per heavy atom. The van der Waals surface area contributed by atoms with Gasteiger partial charge in [-0.1, -0.05) is 0 Å². The summed E-state index contributed by atoms with van der Waals surface area (Å²) in [7, 11) is 1.91. The molecule has 0 bridgehead atoms. The minimum Gasteiger partial charge on any atom is -0.376 e. The Morgan fingerprint density at radius 2 is 2.38 bits per heavy atom. The van der Waals surface area contributed by atoms with E-state index in [0.717, 1.165) is 26.0 Å². The number of hydrogen-bond donors (Lipinski definition) is 0. The zero-order chi connectivity index (χ0) is 11.4. The Morgan fingerprint density at radius 1 is 1.56 bits per heavy atom. The molecule has 0 amide bonds. The molecule has 1 fully saturated rings. The van der Waals surface area contributed by atoms with E-state index in [1.54, 1.807) is 6.20 Å². The summed E-state index contributed by atoms with van der Waals surface area (Å²) >= 11 is 0. The second kappa shape index (κ2) is 4.90. The molecule has 5 nitrogen and oxygen atoms in total. The predicted octanol–water partition coefficient (Wildman–Crippen LogP) is 0.963. The number of nitriles is 1. The third-order valence-corrected chi connectivity index (χ3v) is 2.65. The van der Waals surface area contributed by atoms with Crippen LogP contribution in [0.2, 0.25) is 0 Å². The predicted molar refractivity (Wildman–Crippen MR) is 59.0 cm³/mol. The van der Waals surface area contributed by atoms with Crippen LogP contribution in [-0.2, 0) is 4.74 Å². The molecule has 0 aromatic carbocycles. The first kappa shape index (κ1) is 10.8. The molecular weight excluding hydrogens is 204 g/mol. The Labute approximate surface area is 94.7 Å². The van der Waals surface area contributed by atoms with E-state index in [1.165, 1.54) is 6.20 Å². The molecule has 1 aliphatic rings. The summed E-state index contributed by atoms with van der Waals surface area (Å²) in [6.45, 7) is 1.59. The average Bonchev–Trinajstić information content (AvgIpc) is 2.81. The molecule has 16 heavy (non-hydrogen) atoms. The van der Waals surface area contributed by atoms with Crippen LogP contribution in [0.3, 0.4) is 0 Å². The van der Waals surface area contributed by atoms with Gasteiger partial charge in [-0.15, -0.1) is 0 Å². The van der Waals surface area contributed by atoms with Crippen molar-refractivity contribution < 1.29 is 4.74 Å². The lowest BCUT2D eigenvalue weighted by Crippen LogP contribution is -2.29. The van der Waals surface area contributed by atoms with Crippen molar-refractivity contribution in [2.75, 3.05) is 25.1 Å². The number of aromatic nitrogens is 2. The number of nitrogens with zero attached hydrogens (tertiary/aromatic N) is 4. The average molecular weight is 218 g/mol. The second-order valence-electron chi connectivity index (χ2n) is 3.86. The van der Waals surface area contributed by atoms with E-state index in [1.807, 2.05) is 18.0 Å². The molecule has 0 aliphatic carbocycles. The smallest absolute Gasteiger partial charge is 0.183 e. The molecule has 0 saturated carbocycles. The number of anilines is 1. The van der Waals surface area contributed by atoms with Crippen LogP contribution in [0.5, 0.6) is 0 Å². The largest absolute Gasteiger partial charge is 0.376 e. The highest BCUT2D eigenvalue weighted by Gasteiger charge is 2.19. The van der Waals surface area contributed by atoms with Gasteiger partial charge < -0.3 is 9.64 Å². The minimum absolute atomic E-state index is 0.249. The summed E-state index contributed by atoms with van der Waals surface area (Å²) < 4.78 is 5.55. The van der Waals surface area contributed by atoms with Crippen LogP contribution in [0.15, 0.2) is 12.4 Å². The van der Waals surface area contributed by atoms with Crippen molar-refractivity contribution in [3.05, 3.63) is 18.1 Å². The maximum Gasteiger partial charge on any atom is 0.183 e. The van der Waals surface area contributed by atoms with Crippen molar-refractivity contribution in [2.24, 2.45) is 0 Å². The summed E-state index contributed by atoms with van der Waals surface area (Å²) in [5.41, 5.74) is 0.364. The van der Waals surface area contributed by atoms with Gasteiger partial charge in [0.25, 0.3) is 0 Å². The van der Waals surface area contributed by atoms with Crippen molar-refractivity contribution >= 4 is 5.82 Å². The molecule has 1 unspecified atom stereocenters. The van der Waals surface area contributed by atoms with E-state index in [-0.39, 0.29) is 6.10 Å². The maximum atomic E-state index is 8.92. The highest BCUT2D eigenvalue weighted by Crippen LogP contribution is 2.17. The summed E-state index contributed by atoms with van der Waals surface area (Å²) in [6, 6.07) is 2.05. The van der Waals surface area contributed by atoms with Gasteiger partial charge in [-0.25, -0.2) is 9.97 Å². The van der Waals surface area contributed by atoms with Gasteiger partial charge in [-0.3, -0.25) is 0 Å². The van der Waals surface area contributed by atoms with Gasteiger partial charge in [-0.05, 0) is 12.8 Å². The topological polar surface area (TPSA) is 62.0 Å². The lowest BCUT2D eigenvalue weighted by atomic mass is 10.2. The lowest BCUT2D eigenvalue weighted by molar-refractivity contribution is 0.116. The summed E-state index contributed by atoms with van der Waals surface area (Å²) in [5.74, 6) is 0.625. The van der Waals surface area contributed by atoms with Crippen molar-refractivity contribution in [3.63, 3.8) is 0 Å². The van der Waals surface area contributed by atoms with Gasteiger partial charge in [-0.2, -0.15) is 5.26 Å². The fourth-order valence-electron chi connectivity index (χ4n) is 1.87. The summed E-state index contributed by atoms with van der Waals surface area (Å²) in [4.78, 5) is 10.1. The molecule has 2 heterocycles. The van der Waals surface area contributed by atoms with Gasteiger partial charge in [0.05, 0.1) is 6.10 Å². The molecular formula is C11H14N4O. The molecule has 1 aromatic rings. The number of rotatable bonds is 3. The summed E-state index contributed by atoms with van der Waals surface area (Å²) in [5, 5.41) is 8.92. The normalized spacial score (nSPS) is 19.4. The molecule has 5 heteroatoms.